The Bertz CT molecular complexity index is 1370. The van der Waals surface area contributed by atoms with Crippen LogP contribution >= 0.6 is 11.6 Å². The summed E-state index contributed by atoms with van der Waals surface area (Å²) in [6.45, 7) is 22.8. The predicted molar refractivity (Wildman–Crippen MR) is 170 cm³/mol. The maximum atomic E-state index is 13.0. The Labute approximate surface area is 257 Å². The molecule has 0 spiro atoms. The number of esters is 1. The number of nitrogens with zero attached hydrogens (tertiary/aromatic N) is 4. The second-order valence-electron chi connectivity index (χ2n) is 13.7. The molecule has 0 radical (unpaired) electrons. The molecule has 2 aromatic heterocycles. The van der Waals surface area contributed by atoms with Crippen molar-refractivity contribution in [1.82, 2.24) is 19.5 Å². The Morgan fingerprint density at radius 2 is 1.51 bits per heavy atom. The van der Waals surface area contributed by atoms with E-state index >= 15 is 0 Å². The van der Waals surface area contributed by atoms with E-state index in [2.05, 4.69) is 87.2 Å². The summed E-state index contributed by atoms with van der Waals surface area (Å²) in [6, 6.07) is 9.13. The molecule has 0 N–H and O–H groups in total. The molecule has 0 amide bonds. The number of ether oxygens (including phenoxy) is 1. The zero-order valence-electron chi connectivity index (χ0n) is 25.8. The van der Waals surface area contributed by atoms with Gasteiger partial charge in [0, 0.05) is 0 Å². The second-order valence-corrected chi connectivity index (χ2v) is 26.4. The van der Waals surface area contributed by atoms with Crippen molar-refractivity contribution in [1.29, 1.82) is 0 Å². The van der Waals surface area contributed by atoms with Gasteiger partial charge in [-0.05, 0) is 0 Å². The average Bonchev–Trinajstić information content (AvgIpc) is 3.44. The molecule has 0 unspecified atom stereocenters. The second kappa shape index (κ2) is 11.8. The Hall–Kier alpha value is -1.60. The number of halogens is 1. The quantitative estimate of drug-likeness (QED) is 0.142. The van der Waals surface area contributed by atoms with Crippen molar-refractivity contribution >= 4 is 60.3 Å². The molecule has 1 aliphatic rings. The minimum atomic E-state index is -2.25. The van der Waals surface area contributed by atoms with Crippen LogP contribution in [0.4, 0.5) is 0 Å². The van der Waals surface area contributed by atoms with Crippen LogP contribution in [-0.4, -0.2) is 75.9 Å². The average molecular weight is 682 g/mol. The number of hydrogen-bond acceptors (Lipinski definition) is 7. The van der Waals surface area contributed by atoms with Crippen molar-refractivity contribution in [3.63, 3.8) is 0 Å². The van der Waals surface area contributed by atoms with Crippen LogP contribution < -0.4 is 0 Å². The van der Waals surface area contributed by atoms with Gasteiger partial charge in [-0.25, -0.2) is 0 Å². The van der Waals surface area contributed by atoms with Crippen LogP contribution in [0.3, 0.4) is 0 Å². The molecule has 3 heterocycles. The van der Waals surface area contributed by atoms with E-state index in [1.165, 1.54) is 6.33 Å². The minimum absolute atomic E-state index is 0.00662. The summed E-state index contributed by atoms with van der Waals surface area (Å²) in [5.41, 5.74) is 1.78. The van der Waals surface area contributed by atoms with Crippen LogP contribution in [0.5, 0.6) is 0 Å². The molecule has 1 saturated heterocycles. The molecular weight excluding hydrogens is 639 g/mol. The van der Waals surface area contributed by atoms with Gasteiger partial charge < -0.3 is 0 Å². The van der Waals surface area contributed by atoms with Crippen molar-refractivity contribution in [2.45, 2.75) is 99.8 Å². The Kier molecular flexibility index (Phi) is 9.32. The number of fused-ring (bicyclic) bond motifs is 1. The van der Waals surface area contributed by atoms with Crippen molar-refractivity contribution in [3.05, 3.63) is 53.7 Å². The van der Waals surface area contributed by atoms with Gasteiger partial charge in [0.1, 0.15) is 0 Å². The molecule has 1 fully saturated rings. The third-order valence-electron chi connectivity index (χ3n) is 8.74. The fraction of sp³-hybridized carbons (Fsp3) is 0.586. The van der Waals surface area contributed by atoms with E-state index in [-0.39, 0.29) is 59.6 Å². The van der Waals surface area contributed by atoms with Gasteiger partial charge in [0.15, 0.2) is 0 Å². The first-order chi connectivity index (χ1) is 18.9. The van der Waals surface area contributed by atoms with Crippen molar-refractivity contribution < 1.29 is 18.4 Å². The van der Waals surface area contributed by atoms with Crippen LogP contribution in [0, 0.1) is 0 Å². The molecule has 4 atom stereocenters. The molecule has 0 bridgehead atoms. The molecule has 41 heavy (non-hydrogen) atoms. The molecule has 224 valence electrons. The summed E-state index contributed by atoms with van der Waals surface area (Å²) in [5.74, 6) is -0.328. The first-order valence-electron chi connectivity index (χ1n) is 14.0. The normalized spacial score (nSPS) is 22.3. The van der Waals surface area contributed by atoms with Crippen LogP contribution in [0.25, 0.3) is 11.2 Å². The van der Waals surface area contributed by atoms with Crippen LogP contribution in [0.15, 0.2) is 43.0 Å². The van der Waals surface area contributed by atoms with Crippen molar-refractivity contribution in [2.24, 2.45) is 0 Å². The third-order valence-corrected chi connectivity index (χ3v) is 21.2. The summed E-state index contributed by atoms with van der Waals surface area (Å²) in [7, 11) is -4.49. The monoisotopic (exact) mass is 682 g/mol. The number of carbonyl (C=O) groups excluding carboxylic acids is 1. The van der Waals surface area contributed by atoms with Gasteiger partial charge in [0.05, 0.1) is 0 Å². The first kappa shape index (κ1) is 32.3. The summed E-state index contributed by atoms with van der Waals surface area (Å²) in [4.78, 5) is 26.1. The van der Waals surface area contributed by atoms with E-state index in [9.17, 15) is 4.79 Å². The molecule has 1 aliphatic heterocycles. The van der Waals surface area contributed by atoms with Gasteiger partial charge >= 0.3 is 258 Å². The van der Waals surface area contributed by atoms with Crippen LogP contribution in [0.2, 0.25) is 46.2 Å². The standard InChI is InChI=1S/C29H43ClN4O4SeSi2/c1-28(2,3)40(7,8)37-22-20(16-36-27(35)19-14-12-11-13-15-19)39-26(23(22)38-41(9,10)29(4,5)6)34-18-33-21-24(30)31-17-32-25(21)34/h11-15,17-18,20,22-23,26H,16H2,1-10H3/t20-,22-,23-,26-/m1/s1. The zero-order valence-corrected chi connectivity index (χ0v) is 30.2. The van der Waals surface area contributed by atoms with Gasteiger partial charge in [-0.2, -0.15) is 0 Å². The summed E-state index contributed by atoms with van der Waals surface area (Å²) in [5, 5.41) is 0.309. The van der Waals surface area contributed by atoms with Crippen LogP contribution in [0.1, 0.15) is 56.8 Å². The van der Waals surface area contributed by atoms with E-state index in [1.54, 1.807) is 18.5 Å². The van der Waals surface area contributed by atoms with Crippen molar-refractivity contribution in [2.75, 3.05) is 6.61 Å². The molecule has 1 aromatic carbocycles. The first-order valence-corrected chi connectivity index (χ1v) is 22.2. The number of benzene rings is 1. The van der Waals surface area contributed by atoms with E-state index < -0.39 is 16.6 Å². The molecule has 4 rings (SSSR count). The van der Waals surface area contributed by atoms with Crippen LogP contribution in [-0.2, 0) is 13.6 Å². The third kappa shape index (κ3) is 6.82. The van der Waals surface area contributed by atoms with Gasteiger partial charge in [-0.15, -0.1) is 0 Å². The number of imidazole rings is 1. The molecule has 0 saturated carbocycles. The van der Waals surface area contributed by atoms with E-state index in [4.69, 9.17) is 25.2 Å². The Balaban J connectivity index is 1.78. The van der Waals surface area contributed by atoms with Gasteiger partial charge in [-0.3, -0.25) is 0 Å². The fourth-order valence-electron chi connectivity index (χ4n) is 4.19. The van der Waals surface area contributed by atoms with Gasteiger partial charge in [-0.1, -0.05) is 0 Å². The zero-order chi connectivity index (χ0) is 30.4. The summed E-state index contributed by atoms with van der Waals surface area (Å²) >= 11 is 6.31. The predicted octanol–water partition coefficient (Wildman–Crippen LogP) is 7.12. The van der Waals surface area contributed by atoms with Crippen molar-refractivity contribution in [3.8, 4) is 0 Å². The number of aromatic nitrogens is 4. The molecule has 12 heteroatoms. The topological polar surface area (TPSA) is 88.4 Å². The molecular formula is C29H43ClN4O4SeSi2. The van der Waals surface area contributed by atoms with E-state index in [0.717, 1.165) is 0 Å². The SMILES string of the molecule is CC(C)(C)[Si](C)(C)O[C@@H]1[C@H](O[Si](C)(C)C(C)(C)C)[C@@H](COC(=O)c2ccccc2)[Se][C@H]1n1cnc2c(Cl)ncnc21. The fourth-order valence-corrected chi connectivity index (χ4v) is 10.6. The maximum absolute atomic E-state index is 13.0. The Morgan fingerprint density at radius 3 is 2.10 bits per heavy atom. The molecule has 3 aromatic rings. The van der Waals surface area contributed by atoms with E-state index in [1.807, 2.05) is 18.2 Å². The number of rotatable bonds is 8. The summed E-state index contributed by atoms with van der Waals surface area (Å²) < 4.78 is 22.5. The molecule has 8 nitrogen and oxygen atoms in total. The summed E-state index contributed by atoms with van der Waals surface area (Å²) in [6.07, 6.45) is 2.74. The van der Waals surface area contributed by atoms with Gasteiger partial charge in [0.2, 0.25) is 0 Å². The number of hydrogen-bond donors (Lipinski definition) is 0. The Morgan fingerprint density at radius 1 is 0.927 bits per heavy atom. The van der Waals surface area contributed by atoms with Gasteiger partial charge in [0.25, 0.3) is 0 Å². The van der Waals surface area contributed by atoms with E-state index in [0.29, 0.717) is 21.9 Å². The molecule has 0 aliphatic carbocycles. The number of carbonyl (C=O) groups is 1.